The highest BCUT2D eigenvalue weighted by Crippen LogP contribution is 2.17. The first kappa shape index (κ1) is 17.3. The van der Waals surface area contributed by atoms with E-state index in [0.29, 0.717) is 11.3 Å². The molecule has 1 amide bonds. The van der Waals surface area contributed by atoms with Gasteiger partial charge in [0.05, 0.1) is 12.9 Å². The maximum Gasteiger partial charge on any atom is 0.318 e. The van der Waals surface area contributed by atoms with Crippen molar-refractivity contribution in [3.05, 3.63) is 29.8 Å². The monoisotopic (exact) mass is 322 g/mol. The molecule has 0 aliphatic carbocycles. The number of ether oxygens (including phenoxy) is 1. The van der Waals surface area contributed by atoms with Crippen molar-refractivity contribution in [2.75, 3.05) is 21.2 Å². The van der Waals surface area contributed by atoms with Crippen molar-refractivity contribution in [1.82, 2.24) is 9.42 Å². The standard InChI is InChI=1S/C12H16F2N2O4S/c1-15(2)16(12(17)11(13)14)21(18,19)8-9-4-6-10(20-3)7-5-9/h4-7,11H,8H2,1-3H3. The number of methoxy groups -OCH3 is 1. The average molecular weight is 322 g/mol. The van der Waals surface area contributed by atoms with Gasteiger partial charge in [0.2, 0.25) is 0 Å². The molecular formula is C12H16F2N2O4S. The molecule has 0 fully saturated rings. The Labute approximate surface area is 121 Å². The van der Waals surface area contributed by atoms with E-state index < -0.39 is 28.1 Å². The highest BCUT2D eigenvalue weighted by Gasteiger charge is 2.35. The van der Waals surface area contributed by atoms with Gasteiger partial charge in [-0.05, 0) is 17.7 Å². The first-order valence-corrected chi connectivity index (χ1v) is 7.45. The molecule has 0 unspecified atom stereocenters. The molecule has 0 saturated carbocycles. The van der Waals surface area contributed by atoms with Crippen LogP contribution in [0.4, 0.5) is 8.78 Å². The molecule has 0 heterocycles. The van der Waals surface area contributed by atoms with Crippen molar-refractivity contribution in [1.29, 1.82) is 0 Å². The van der Waals surface area contributed by atoms with Crippen LogP contribution in [0.1, 0.15) is 5.56 Å². The Morgan fingerprint density at radius 2 is 1.76 bits per heavy atom. The number of hydrogen-bond acceptors (Lipinski definition) is 5. The minimum atomic E-state index is -4.25. The second-order valence-electron chi connectivity index (χ2n) is 4.33. The smallest absolute Gasteiger partial charge is 0.318 e. The molecule has 1 aromatic rings. The number of sulfonamides is 1. The summed E-state index contributed by atoms with van der Waals surface area (Å²) in [6, 6.07) is 6.05. The molecule has 0 saturated heterocycles. The predicted molar refractivity (Wildman–Crippen MR) is 72.2 cm³/mol. The summed E-state index contributed by atoms with van der Waals surface area (Å²) in [6.45, 7) is 0. The maximum atomic E-state index is 12.5. The average Bonchev–Trinajstić information content (AvgIpc) is 2.38. The number of rotatable bonds is 6. The Morgan fingerprint density at radius 3 is 2.14 bits per heavy atom. The van der Waals surface area contributed by atoms with Crippen LogP contribution in [-0.2, 0) is 20.6 Å². The van der Waals surface area contributed by atoms with E-state index in [4.69, 9.17) is 4.74 Å². The van der Waals surface area contributed by atoms with Gasteiger partial charge < -0.3 is 4.74 Å². The van der Waals surface area contributed by atoms with E-state index in [-0.39, 0.29) is 4.41 Å². The molecule has 0 spiro atoms. The third-order valence-electron chi connectivity index (χ3n) is 2.51. The molecule has 0 bridgehead atoms. The molecule has 0 radical (unpaired) electrons. The van der Waals surface area contributed by atoms with Gasteiger partial charge in [0.25, 0.3) is 10.0 Å². The van der Waals surface area contributed by atoms with Crippen LogP contribution in [-0.4, -0.2) is 51.4 Å². The Bertz CT molecular complexity index is 588. The summed E-state index contributed by atoms with van der Waals surface area (Å²) in [6.07, 6.45) is -3.40. The first-order valence-electron chi connectivity index (χ1n) is 5.84. The van der Waals surface area contributed by atoms with E-state index in [2.05, 4.69) is 0 Å². The number of amides is 1. The quantitative estimate of drug-likeness (QED) is 0.734. The molecule has 0 aromatic heterocycles. The van der Waals surface area contributed by atoms with Crippen LogP contribution in [0.3, 0.4) is 0 Å². The molecule has 0 N–H and O–H groups in total. The van der Waals surface area contributed by atoms with Crippen LogP contribution in [0.15, 0.2) is 24.3 Å². The second-order valence-corrected chi connectivity index (χ2v) is 6.13. The van der Waals surface area contributed by atoms with Crippen LogP contribution in [0.25, 0.3) is 0 Å². The number of carbonyl (C=O) groups is 1. The Morgan fingerprint density at radius 1 is 1.24 bits per heavy atom. The fraction of sp³-hybridized carbons (Fsp3) is 0.417. The number of benzene rings is 1. The Hall–Kier alpha value is -1.74. The van der Waals surface area contributed by atoms with Crippen LogP contribution in [0.5, 0.6) is 5.75 Å². The fourth-order valence-corrected chi connectivity index (χ4v) is 3.25. The number of hydrogen-bond donors (Lipinski definition) is 0. The van der Waals surface area contributed by atoms with Crippen LogP contribution < -0.4 is 4.74 Å². The molecule has 0 atom stereocenters. The molecule has 1 rings (SSSR count). The Balaban J connectivity index is 3.03. The highest BCUT2D eigenvalue weighted by atomic mass is 32.2. The SMILES string of the molecule is COc1ccc(CS(=O)(=O)N(C(=O)C(F)F)N(C)C)cc1. The van der Waals surface area contributed by atoms with E-state index in [0.717, 1.165) is 5.01 Å². The molecule has 1 aromatic carbocycles. The lowest BCUT2D eigenvalue weighted by Crippen LogP contribution is -2.49. The van der Waals surface area contributed by atoms with Gasteiger partial charge >= 0.3 is 12.3 Å². The molecule has 0 aliphatic heterocycles. The summed E-state index contributed by atoms with van der Waals surface area (Å²) in [5, 5.41) is 0.813. The number of carbonyl (C=O) groups excluding carboxylic acids is 1. The van der Waals surface area contributed by atoms with Crippen LogP contribution in [0.2, 0.25) is 0 Å². The van der Waals surface area contributed by atoms with E-state index in [1.807, 2.05) is 0 Å². The largest absolute Gasteiger partial charge is 0.497 e. The van der Waals surface area contributed by atoms with Crippen molar-refractivity contribution in [3.8, 4) is 5.75 Å². The topological polar surface area (TPSA) is 66.9 Å². The molecular weight excluding hydrogens is 306 g/mol. The van der Waals surface area contributed by atoms with Crippen molar-refractivity contribution >= 4 is 15.9 Å². The third-order valence-corrected chi connectivity index (χ3v) is 4.24. The molecule has 6 nitrogen and oxygen atoms in total. The number of hydrazine groups is 1. The van der Waals surface area contributed by atoms with E-state index in [9.17, 15) is 22.0 Å². The van der Waals surface area contributed by atoms with Crippen LogP contribution in [0, 0.1) is 0 Å². The third kappa shape index (κ3) is 4.36. The number of nitrogens with zero attached hydrogens (tertiary/aromatic N) is 2. The molecule has 9 heteroatoms. The summed E-state index contributed by atoms with van der Waals surface area (Å²) in [4.78, 5) is 11.4. The summed E-state index contributed by atoms with van der Waals surface area (Å²) in [7, 11) is -0.390. The Kier molecular flexibility index (Phi) is 5.62. The summed E-state index contributed by atoms with van der Waals surface area (Å²) >= 11 is 0. The lowest BCUT2D eigenvalue weighted by atomic mass is 10.2. The van der Waals surface area contributed by atoms with Gasteiger partial charge in [-0.3, -0.25) is 4.79 Å². The number of alkyl halides is 2. The van der Waals surface area contributed by atoms with Crippen LogP contribution >= 0.6 is 0 Å². The van der Waals surface area contributed by atoms with E-state index in [1.54, 1.807) is 12.1 Å². The van der Waals surface area contributed by atoms with Gasteiger partial charge in [0.15, 0.2) is 0 Å². The zero-order valence-electron chi connectivity index (χ0n) is 11.8. The van der Waals surface area contributed by atoms with E-state index in [1.165, 1.54) is 33.3 Å². The van der Waals surface area contributed by atoms with Gasteiger partial charge in [-0.15, -0.1) is 0 Å². The second kappa shape index (κ2) is 6.81. The van der Waals surface area contributed by atoms with Crippen molar-refractivity contribution in [2.45, 2.75) is 12.2 Å². The molecule has 21 heavy (non-hydrogen) atoms. The fourth-order valence-electron chi connectivity index (χ4n) is 1.66. The van der Waals surface area contributed by atoms with Gasteiger partial charge in [-0.25, -0.2) is 13.4 Å². The van der Waals surface area contributed by atoms with Crippen molar-refractivity contribution in [3.63, 3.8) is 0 Å². The minimum Gasteiger partial charge on any atom is -0.497 e. The van der Waals surface area contributed by atoms with E-state index >= 15 is 0 Å². The molecule has 118 valence electrons. The zero-order chi connectivity index (χ0) is 16.2. The number of halogens is 2. The summed E-state index contributed by atoms with van der Waals surface area (Å²) in [5.41, 5.74) is 0.352. The normalized spacial score (nSPS) is 11.8. The minimum absolute atomic E-state index is 0.0713. The van der Waals surface area contributed by atoms with Crippen molar-refractivity contribution in [2.24, 2.45) is 0 Å². The lowest BCUT2D eigenvalue weighted by Gasteiger charge is -2.27. The van der Waals surface area contributed by atoms with Gasteiger partial charge in [0, 0.05) is 14.1 Å². The first-order chi connectivity index (χ1) is 9.69. The molecule has 0 aliphatic rings. The van der Waals surface area contributed by atoms with Gasteiger partial charge in [0.1, 0.15) is 5.75 Å². The summed E-state index contributed by atoms with van der Waals surface area (Å²) < 4.78 is 54.3. The van der Waals surface area contributed by atoms with Gasteiger partial charge in [-0.2, -0.15) is 13.2 Å². The van der Waals surface area contributed by atoms with Gasteiger partial charge in [-0.1, -0.05) is 12.1 Å². The van der Waals surface area contributed by atoms with Crippen molar-refractivity contribution < 1.29 is 26.7 Å². The maximum absolute atomic E-state index is 12.5. The lowest BCUT2D eigenvalue weighted by molar-refractivity contribution is -0.146. The predicted octanol–water partition coefficient (Wildman–Crippen LogP) is 1.10. The highest BCUT2D eigenvalue weighted by molar-refractivity contribution is 7.88. The zero-order valence-corrected chi connectivity index (χ0v) is 12.6. The summed E-state index contributed by atoms with van der Waals surface area (Å²) in [5.74, 6) is -1.83.